The average molecular weight is 295 g/mol. The van der Waals surface area contributed by atoms with Crippen LogP contribution in [0.5, 0.6) is 5.75 Å². The number of hydrogen-bond acceptors (Lipinski definition) is 5. The highest BCUT2D eigenvalue weighted by Crippen LogP contribution is 2.28. The third kappa shape index (κ3) is 4.46. The van der Waals surface area contributed by atoms with E-state index in [2.05, 4.69) is 0 Å². The predicted molar refractivity (Wildman–Crippen MR) is 77.0 cm³/mol. The predicted octanol–water partition coefficient (Wildman–Crippen LogP) is 1.67. The van der Waals surface area contributed by atoms with Gasteiger partial charge >= 0.3 is 11.9 Å². The molecule has 0 saturated heterocycles. The van der Waals surface area contributed by atoms with Crippen LogP contribution in [0, 0.1) is 0 Å². The van der Waals surface area contributed by atoms with Crippen molar-refractivity contribution in [1.82, 2.24) is 0 Å². The SMILES string of the molecule is COc1ccc(C(N)(CC(=O)O)C(=O)OC(C)(C)C)cc1. The normalized spacial score (nSPS) is 14.1. The Balaban J connectivity index is 3.18. The molecule has 0 heterocycles. The Kier molecular flexibility index (Phi) is 4.96. The Labute approximate surface area is 123 Å². The summed E-state index contributed by atoms with van der Waals surface area (Å²) in [6.07, 6.45) is -0.561. The quantitative estimate of drug-likeness (QED) is 0.802. The van der Waals surface area contributed by atoms with Crippen molar-refractivity contribution < 1.29 is 24.2 Å². The Morgan fingerprint density at radius 2 is 1.71 bits per heavy atom. The molecule has 0 saturated carbocycles. The van der Waals surface area contributed by atoms with Crippen LogP contribution in [0.2, 0.25) is 0 Å². The van der Waals surface area contributed by atoms with Gasteiger partial charge in [0.25, 0.3) is 0 Å². The van der Waals surface area contributed by atoms with Crippen molar-refractivity contribution >= 4 is 11.9 Å². The van der Waals surface area contributed by atoms with Crippen LogP contribution in [0.1, 0.15) is 32.8 Å². The van der Waals surface area contributed by atoms with Crippen molar-refractivity contribution in [1.29, 1.82) is 0 Å². The largest absolute Gasteiger partial charge is 0.497 e. The molecule has 0 bridgehead atoms. The van der Waals surface area contributed by atoms with Crippen LogP contribution in [0.25, 0.3) is 0 Å². The van der Waals surface area contributed by atoms with Gasteiger partial charge in [0.05, 0.1) is 13.5 Å². The summed E-state index contributed by atoms with van der Waals surface area (Å²) in [5, 5.41) is 9.05. The number of carbonyl (C=O) groups excluding carboxylic acids is 1. The lowest BCUT2D eigenvalue weighted by atomic mass is 9.87. The van der Waals surface area contributed by atoms with Gasteiger partial charge in [-0.05, 0) is 38.5 Å². The number of aliphatic carboxylic acids is 1. The molecule has 116 valence electrons. The number of esters is 1. The van der Waals surface area contributed by atoms with Gasteiger partial charge in [0, 0.05) is 0 Å². The van der Waals surface area contributed by atoms with Crippen molar-refractivity contribution in [2.45, 2.75) is 38.3 Å². The number of nitrogens with two attached hydrogens (primary N) is 1. The molecule has 1 aromatic rings. The van der Waals surface area contributed by atoms with Gasteiger partial charge < -0.3 is 20.3 Å². The fourth-order valence-electron chi connectivity index (χ4n) is 1.79. The monoisotopic (exact) mass is 295 g/mol. The van der Waals surface area contributed by atoms with E-state index in [1.165, 1.54) is 7.11 Å². The maximum Gasteiger partial charge on any atom is 0.331 e. The highest BCUT2D eigenvalue weighted by atomic mass is 16.6. The van der Waals surface area contributed by atoms with Gasteiger partial charge in [0.2, 0.25) is 0 Å². The van der Waals surface area contributed by atoms with Crippen LogP contribution >= 0.6 is 0 Å². The third-order valence-corrected chi connectivity index (χ3v) is 2.80. The van der Waals surface area contributed by atoms with Crippen LogP contribution in [-0.2, 0) is 19.9 Å². The summed E-state index contributed by atoms with van der Waals surface area (Å²) in [5.74, 6) is -1.37. The maximum absolute atomic E-state index is 12.3. The highest BCUT2D eigenvalue weighted by molar-refractivity contribution is 5.87. The van der Waals surface area contributed by atoms with Crippen LogP contribution in [0.15, 0.2) is 24.3 Å². The molecule has 0 aliphatic carbocycles. The van der Waals surface area contributed by atoms with Gasteiger partial charge in [-0.15, -0.1) is 0 Å². The van der Waals surface area contributed by atoms with Crippen LogP contribution in [0.4, 0.5) is 0 Å². The zero-order valence-electron chi connectivity index (χ0n) is 12.7. The average Bonchev–Trinajstić information content (AvgIpc) is 2.36. The molecule has 6 heteroatoms. The number of rotatable bonds is 5. The molecule has 0 aromatic heterocycles. The number of hydrogen-bond donors (Lipinski definition) is 2. The van der Waals surface area contributed by atoms with Crippen molar-refractivity contribution in [3.63, 3.8) is 0 Å². The molecule has 3 N–H and O–H groups in total. The number of carboxylic acids is 1. The summed E-state index contributed by atoms with van der Waals surface area (Å²) in [6.45, 7) is 5.08. The molecule has 1 rings (SSSR count). The smallest absolute Gasteiger partial charge is 0.331 e. The third-order valence-electron chi connectivity index (χ3n) is 2.80. The second-order valence-corrected chi connectivity index (χ2v) is 5.77. The van der Waals surface area contributed by atoms with E-state index in [4.69, 9.17) is 20.3 Å². The molecular weight excluding hydrogens is 274 g/mol. The topological polar surface area (TPSA) is 98.9 Å². The first kappa shape index (κ1) is 17.0. The number of carboxylic acid groups (broad SMARTS) is 1. The second kappa shape index (κ2) is 6.13. The van der Waals surface area contributed by atoms with E-state index in [1.807, 2.05) is 0 Å². The van der Waals surface area contributed by atoms with E-state index in [0.717, 1.165) is 0 Å². The molecule has 0 fully saturated rings. The second-order valence-electron chi connectivity index (χ2n) is 5.77. The van der Waals surface area contributed by atoms with Crippen molar-refractivity contribution in [2.24, 2.45) is 5.73 Å². The zero-order chi connectivity index (χ0) is 16.3. The number of benzene rings is 1. The first-order valence-electron chi connectivity index (χ1n) is 6.47. The van der Waals surface area contributed by atoms with Crippen LogP contribution in [0.3, 0.4) is 0 Å². The molecule has 1 atom stereocenters. The molecule has 6 nitrogen and oxygen atoms in total. The minimum absolute atomic E-state index is 0.361. The Morgan fingerprint density at radius 3 is 2.10 bits per heavy atom. The lowest BCUT2D eigenvalue weighted by molar-refractivity contribution is -0.165. The van der Waals surface area contributed by atoms with Gasteiger partial charge in [-0.3, -0.25) is 4.79 Å². The number of ether oxygens (including phenoxy) is 2. The lowest BCUT2D eigenvalue weighted by Gasteiger charge is -2.30. The Hall–Kier alpha value is -2.08. The lowest BCUT2D eigenvalue weighted by Crippen LogP contribution is -2.49. The fraction of sp³-hybridized carbons (Fsp3) is 0.467. The molecule has 0 amide bonds. The highest BCUT2D eigenvalue weighted by Gasteiger charge is 2.41. The van der Waals surface area contributed by atoms with E-state index in [-0.39, 0.29) is 0 Å². The summed E-state index contributed by atoms with van der Waals surface area (Å²) >= 11 is 0. The molecular formula is C15H21NO5. The summed E-state index contributed by atoms with van der Waals surface area (Å²) < 4.78 is 10.3. The van der Waals surface area contributed by atoms with Gasteiger partial charge in [0.15, 0.2) is 5.54 Å². The zero-order valence-corrected chi connectivity index (χ0v) is 12.7. The number of methoxy groups -OCH3 is 1. The fourth-order valence-corrected chi connectivity index (χ4v) is 1.79. The minimum atomic E-state index is -1.74. The minimum Gasteiger partial charge on any atom is -0.497 e. The molecule has 0 aliphatic rings. The maximum atomic E-state index is 12.3. The Morgan fingerprint density at radius 1 is 1.19 bits per heavy atom. The Bertz CT molecular complexity index is 518. The number of carbonyl (C=O) groups is 2. The van der Waals surface area contributed by atoms with E-state index in [9.17, 15) is 9.59 Å². The molecule has 21 heavy (non-hydrogen) atoms. The molecule has 1 unspecified atom stereocenters. The van der Waals surface area contributed by atoms with Crippen LogP contribution < -0.4 is 10.5 Å². The van der Waals surface area contributed by atoms with E-state index >= 15 is 0 Å². The molecule has 0 spiro atoms. The van der Waals surface area contributed by atoms with E-state index in [0.29, 0.717) is 11.3 Å². The van der Waals surface area contributed by atoms with Crippen molar-refractivity contribution in [3.05, 3.63) is 29.8 Å². The van der Waals surface area contributed by atoms with E-state index < -0.39 is 29.5 Å². The molecule has 0 aliphatic heterocycles. The summed E-state index contributed by atoms with van der Waals surface area (Å²) in [5.41, 5.74) is 3.93. The van der Waals surface area contributed by atoms with Gasteiger partial charge in [-0.25, -0.2) is 4.79 Å². The molecule has 0 radical (unpaired) electrons. The van der Waals surface area contributed by atoms with Crippen molar-refractivity contribution in [3.8, 4) is 5.75 Å². The first-order valence-corrected chi connectivity index (χ1v) is 6.47. The summed E-state index contributed by atoms with van der Waals surface area (Å²) in [7, 11) is 1.51. The van der Waals surface area contributed by atoms with Gasteiger partial charge in [-0.1, -0.05) is 12.1 Å². The van der Waals surface area contributed by atoms with Crippen LogP contribution in [-0.4, -0.2) is 29.8 Å². The summed E-state index contributed by atoms with van der Waals surface area (Å²) in [6, 6.07) is 6.35. The van der Waals surface area contributed by atoms with Crippen molar-refractivity contribution in [2.75, 3.05) is 7.11 Å². The first-order chi connectivity index (χ1) is 9.58. The van der Waals surface area contributed by atoms with Gasteiger partial charge in [0.1, 0.15) is 11.4 Å². The standard InChI is InChI=1S/C15H21NO5/c1-14(2,3)21-13(19)15(16,9-12(17)18)10-5-7-11(20-4)8-6-10/h5-8H,9,16H2,1-4H3,(H,17,18). The molecule has 1 aromatic carbocycles. The summed E-state index contributed by atoms with van der Waals surface area (Å²) in [4.78, 5) is 23.4. The van der Waals surface area contributed by atoms with E-state index in [1.54, 1.807) is 45.0 Å². The van der Waals surface area contributed by atoms with Gasteiger partial charge in [-0.2, -0.15) is 0 Å².